The van der Waals surface area contributed by atoms with E-state index >= 15 is 0 Å². The molecule has 5 aromatic rings. The molecule has 3 heterocycles. The number of aromatic amines is 1. The molecule has 0 aliphatic carbocycles. The average molecular weight is 664 g/mol. The summed E-state index contributed by atoms with van der Waals surface area (Å²) < 4.78 is 5.21. The number of pyridine rings is 1. The number of aromatic hydroxyl groups is 1. The maximum atomic E-state index is 13.8. The third-order valence-electron chi connectivity index (χ3n) is 8.37. The van der Waals surface area contributed by atoms with E-state index in [0.717, 1.165) is 11.8 Å². The van der Waals surface area contributed by atoms with Gasteiger partial charge in [0, 0.05) is 43.3 Å². The standard InChI is InChI=1S/C37H37N5O5S/c1-3-47-37(46)28-15-10-18-38-35(28)48-33-29-23-27(43)16-17-30(29)40-31(33)34(44)39-24(2)36(45)42-21-19-41(20-22-42)32(25-11-6-4-7-12-25)26-13-8-5-9-14-26/h4-18,23-24,32,40,43H,3,19-22H2,1-2H3,(H,39,44)/t24-/m1/s1. The summed E-state index contributed by atoms with van der Waals surface area (Å²) in [4.78, 5) is 52.2. The number of phenolic OH excluding ortho intramolecular Hbond substituents is 1. The van der Waals surface area contributed by atoms with Gasteiger partial charge in [-0.1, -0.05) is 72.4 Å². The van der Waals surface area contributed by atoms with Crippen molar-refractivity contribution in [3.63, 3.8) is 0 Å². The second-order valence-electron chi connectivity index (χ2n) is 11.5. The van der Waals surface area contributed by atoms with Gasteiger partial charge in [0.25, 0.3) is 5.91 Å². The molecule has 48 heavy (non-hydrogen) atoms. The molecule has 0 spiro atoms. The van der Waals surface area contributed by atoms with E-state index in [1.165, 1.54) is 17.2 Å². The number of benzene rings is 3. The van der Waals surface area contributed by atoms with Crippen LogP contribution in [0.25, 0.3) is 10.9 Å². The van der Waals surface area contributed by atoms with Crippen molar-refractivity contribution >= 4 is 40.4 Å². The summed E-state index contributed by atoms with van der Waals surface area (Å²) in [5, 5.41) is 14.1. The van der Waals surface area contributed by atoms with E-state index in [1.54, 1.807) is 49.2 Å². The van der Waals surface area contributed by atoms with Crippen LogP contribution in [0.5, 0.6) is 5.75 Å². The minimum absolute atomic E-state index is 0.0198. The summed E-state index contributed by atoms with van der Waals surface area (Å²) in [6.07, 6.45) is 1.56. The Hall–Kier alpha value is -5.13. The Bertz CT molecular complexity index is 1870. The van der Waals surface area contributed by atoms with E-state index in [4.69, 9.17) is 4.74 Å². The molecule has 6 rings (SSSR count). The van der Waals surface area contributed by atoms with Crippen LogP contribution in [-0.2, 0) is 9.53 Å². The first kappa shape index (κ1) is 32.8. The molecular weight excluding hydrogens is 627 g/mol. The fourth-order valence-corrected chi connectivity index (χ4v) is 7.14. The van der Waals surface area contributed by atoms with Crippen LogP contribution in [-0.4, -0.2) is 81.5 Å². The monoisotopic (exact) mass is 663 g/mol. The van der Waals surface area contributed by atoms with Gasteiger partial charge in [-0.2, -0.15) is 0 Å². The zero-order valence-corrected chi connectivity index (χ0v) is 27.6. The first-order valence-corrected chi connectivity index (χ1v) is 16.7. The fraction of sp³-hybridized carbons (Fsp3) is 0.243. The maximum absolute atomic E-state index is 13.8. The molecule has 3 aromatic carbocycles. The van der Waals surface area contributed by atoms with E-state index in [2.05, 4.69) is 44.5 Å². The number of fused-ring (bicyclic) bond motifs is 1. The lowest BCUT2D eigenvalue weighted by Crippen LogP contribution is -2.54. The molecule has 0 unspecified atom stereocenters. The Morgan fingerprint density at radius 1 is 0.938 bits per heavy atom. The number of rotatable bonds is 10. The first-order valence-electron chi connectivity index (χ1n) is 15.9. The predicted molar refractivity (Wildman–Crippen MR) is 184 cm³/mol. The van der Waals surface area contributed by atoms with Crippen molar-refractivity contribution in [2.45, 2.75) is 35.9 Å². The van der Waals surface area contributed by atoms with Crippen LogP contribution in [0.15, 0.2) is 107 Å². The molecule has 1 aliphatic heterocycles. The lowest BCUT2D eigenvalue weighted by atomic mass is 9.96. The molecule has 2 amide bonds. The number of nitrogens with one attached hydrogen (secondary N) is 2. The number of carbonyl (C=O) groups excluding carboxylic acids is 3. The summed E-state index contributed by atoms with van der Waals surface area (Å²) in [6, 6.07) is 28.0. The largest absolute Gasteiger partial charge is 0.508 e. The molecule has 1 atom stereocenters. The third kappa shape index (κ3) is 7.07. The SMILES string of the molecule is CCOC(=O)c1cccnc1Sc1c(C(=O)N[C@H](C)C(=O)N2CCN(C(c3ccccc3)c3ccccc3)CC2)[nH]c2ccc(O)cc12. The number of esters is 1. The van der Waals surface area contributed by atoms with Crippen LogP contribution in [0.3, 0.4) is 0 Å². The van der Waals surface area contributed by atoms with Gasteiger partial charge in [-0.05, 0) is 55.3 Å². The van der Waals surface area contributed by atoms with Crippen LogP contribution >= 0.6 is 11.8 Å². The average Bonchev–Trinajstić information content (AvgIpc) is 3.47. The topological polar surface area (TPSA) is 128 Å². The zero-order valence-electron chi connectivity index (χ0n) is 26.8. The third-order valence-corrected chi connectivity index (χ3v) is 9.51. The lowest BCUT2D eigenvalue weighted by molar-refractivity contribution is -0.134. The number of nitrogens with zero attached hydrogens (tertiary/aromatic N) is 3. The lowest BCUT2D eigenvalue weighted by Gasteiger charge is -2.40. The summed E-state index contributed by atoms with van der Waals surface area (Å²) in [7, 11) is 0. The maximum Gasteiger partial charge on any atom is 0.340 e. The van der Waals surface area contributed by atoms with Crippen LogP contribution in [0.1, 0.15) is 51.9 Å². The van der Waals surface area contributed by atoms with E-state index in [-0.39, 0.29) is 35.6 Å². The predicted octanol–water partition coefficient (Wildman–Crippen LogP) is 5.65. The number of piperazine rings is 1. The number of hydrogen-bond donors (Lipinski definition) is 3. The molecule has 1 fully saturated rings. The van der Waals surface area contributed by atoms with E-state index in [0.29, 0.717) is 47.0 Å². The van der Waals surface area contributed by atoms with Crippen molar-refractivity contribution in [1.82, 2.24) is 25.1 Å². The minimum atomic E-state index is -0.800. The normalized spacial score (nSPS) is 14.2. The molecular formula is C37H37N5O5S. The fourth-order valence-electron chi connectivity index (χ4n) is 6.04. The van der Waals surface area contributed by atoms with Crippen LogP contribution in [0.2, 0.25) is 0 Å². The summed E-state index contributed by atoms with van der Waals surface area (Å²) >= 11 is 1.11. The summed E-state index contributed by atoms with van der Waals surface area (Å²) in [5.74, 6) is -1.17. The van der Waals surface area contributed by atoms with Crippen molar-refractivity contribution in [1.29, 1.82) is 0 Å². The highest BCUT2D eigenvalue weighted by molar-refractivity contribution is 7.99. The zero-order chi connectivity index (χ0) is 33.6. The molecule has 11 heteroatoms. The van der Waals surface area contributed by atoms with Gasteiger partial charge >= 0.3 is 5.97 Å². The second-order valence-corrected chi connectivity index (χ2v) is 12.5. The summed E-state index contributed by atoms with van der Waals surface area (Å²) in [5.41, 5.74) is 3.46. The minimum Gasteiger partial charge on any atom is -0.508 e. The molecule has 1 saturated heterocycles. The highest BCUT2D eigenvalue weighted by atomic mass is 32.2. The molecule has 2 aromatic heterocycles. The van der Waals surface area contributed by atoms with Crippen molar-refractivity contribution in [2.24, 2.45) is 0 Å². The van der Waals surface area contributed by atoms with Gasteiger partial charge in [-0.3, -0.25) is 14.5 Å². The van der Waals surface area contributed by atoms with Gasteiger partial charge < -0.3 is 25.0 Å². The molecule has 246 valence electrons. The highest BCUT2D eigenvalue weighted by Gasteiger charge is 2.31. The van der Waals surface area contributed by atoms with Crippen molar-refractivity contribution in [2.75, 3.05) is 32.8 Å². The number of ether oxygens (including phenoxy) is 1. The Balaban J connectivity index is 1.18. The Morgan fingerprint density at radius 2 is 1.60 bits per heavy atom. The molecule has 3 N–H and O–H groups in total. The van der Waals surface area contributed by atoms with Gasteiger partial charge in [0.05, 0.1) is 23.1 Å². The number of hydrogen-bond acceptors (Lipinski definition) is 8. The van der Waals surface area contributed by atoms with Crippen LogP contribution in [0, 0.1) is 0 Å². The number of carbonyl (C=O) groups is 3. The van der Waals surface area contributed by atoms with E-state index < -0.39 is 17.9 Å². The second kappa shape index (κ2) is 14.7. The van der Waals surface area contributed by atoms with E-state index in [1.807, 2.05) is 36.4 Å². The van der Waals surface area contributed by atoms with Gasteiger partial charge in [-0.15, -0.1) is 0 Å². The molecule has 1 aliphatic rings. The van der Waals surface area contributed by atoms with Gasteiger partial charge in [0.15, 0.2) is 0 Å². The van der Waals surface area contributed by atoms with Crippen molar-refractivity contribution < 1.29 is 24.2 Å². The van der Waals surface area contributed by atoms with Crippen molar-refractivity contribution in [3.8, 4) is 5.75 Å². The Labute approximate surface area is 283 Å². The number of H-pyrrole nitrogens is 1. The molecule has 0 saturated carbocycles. The number of aromatic nitrogens is 2. The number of amides is 2. The quantitative estimate of drug-likeness (QED) is 0.164. The van der Waals surface area contributed by atoms with Gasteiger partial charge in [-0.25, -0.2) is 9.78 Å². The molecule has 10 nitrogen and oxygen atoms in total. The van der Waals surface area contributed by atoms with Gasteiger partial charge in [0.1, 0.15) is 22.5 Å². The van der Waals surface area contributed by atoms with Gasteiger partial charge in [0.2, 0.25) is 5.91 Å². The molecule has 0 bridgehead atoms. The smallest absolute Gasteiger partial charge is 0.340 e. The highest BCUT2D eigenvalue weighted by Crippen LogP contribution is 2.39. The van der Waals surface area contributed by atoms with Crippen molar-refractivity contribution in [3.05, 3.63) is 120 Å². The molecule has 0 radical (unpaired) electrons. The Morgan fingerprint density at radius 3 is 2.25 bits per heavy atom. The first-order chi connectivity index (χ1) is 23.3. The number of phenols is 1. The van der Waals surface area contributed by atoms with Crippen LogP contribution < -0.4 is 5.32 Å². The Kier molecular flexibility index (Phi) is 10.1. The van der Waals surface area contributed by atoms with E-state index in [9.17, 15) is 19.5 Å². The summed E-state index contributed by atoms with van der Waals surface area (Å²) in [6.45, 7) is 6.02. The van der Waals surface area contributed by atoms with Crippen LogP contribution in [0.4, 0.5) is 0 Å².